The molecule has 0 radical (unpaired) electrons. The van der Waals surface area contributed by atoms with E-state index in [-0.39, 0.29) is 5.91 Å². The zero-order valence-electron chi connectivity index (χ0n) is 12.7. The number of hydrogen-bond donors (Lipinski definition) is 2. The van der Waals surface area contributed by atoms with E-state index in [2.05, 4.69) is 25.6 Å². The van der Waals surface area contributed by atoms with Crippen LogP contribution < -0.4 is 10.6 Å². The number of aryl methyl sites for hydroxylation is 1. The summed E-state index contributed by atoms with van der Waals surface area (Å²) in [6, 6.07) is 5.47. The summed E-state index contributed by atoms with van der Waals surface area (Å²) in [5, 5.41) is 5.92. The van der Waals surface area contributed by atoms with Gasteiger partial charge in [0.15, 0.2) is 0 Å². The second kappa shape index (κ2) is 8.04. The molecule has 0 fully saturated rings. The molecule has 0 aliphatic rings. The second-order valence-electron chi connectivity index (χ2n) is 4.64. The molecule has 1 amide bonds. The van der Waals surface area contributed by atoms with Crippen LogP contribution in [0.25, 0.3) is 0 Å². The summed E-state index contributed by atoms with van der Waals surface area (Å²) < 4.78 is 4.90. The van der Waals surface area contributed by atoms with E-state index >= 15 is 0 Å². The molecule has 0 bridgehead atoms. The Morgan fingerprint density at radius 2 is 2.05 bits per heavy atom. The van der Waals surface area contributed by atoms with E-state index in [1.807, 2.05) is 12.1 Å². The number of methoxy groups -OCH3 is 1. The normalized spacial score (nSPS) is 10.3. The molecule has 116 valence electrons. The number of rotatable bonds is 7. The highest BCUT2D eigenvalue weighted by atomic mass is 16.5. The van der Waals surface area contributed by atoms with Crippen LogP contribution >= 0.6 is 0 Å². The lowest BCUT2D eigenvalue weighted by molar-refractivity contribution is 0.0932. The van der Waals surface area contributed by atoms with Crippen LogP contribution in [-0.2, 0) is 11.3 Å². The quantitative estimate of drug-likeness (QED) is 0.746. The number of amides is 1. The zero-order valence-corrected chi connectivity index (χ0v) is 12.7. The lowest BCUT2D eigenvalue weighted by atomic mass is 10.2. The third-order valence-corrected chi connectivity index (χ3v) is 2.89. The van der Waals surface area contributed by atoms with Crippen LogP contribution in [0.4, 0.5) is 5.82 Å². The molecule has 7 nitrogen and oxygen atoms in total. The SMILES string of the molecule is COCCNC(=O)c1cc(NCc2ccncc2)nc(C)n1. The molecule has 2 aromatic heterocycles. The van der Waals surface area contributed by atoms with E-state index in [9.17, 15) is 4.79 Å². The van der Waals surface area contributed by atoms with Gasteiger partial charge in [-0.05, 0) is 24.6 Å². The van der Waals surface area contributed by atoms with Crippen LogP contribution in [0.3, 0.4) is 0 Å². The Morgan fingerprint density at radius 3 is 2.77 bits per heavy atom. The van der Waals surface area contributed by atoms with Crippen molar-refractivity contribution in [3.05, 3.63) is 47.7 Å². The number of ether oxygens (including phenoxy) is 1. The van der Waals surface area contributed by atoms with Gasteiger partial charge in [0.25, 0.3) is 5.91 Å². The Labute approximate surface area is 129 Å². The average molecular weight is 301 g/mol. The fourth-order valence-corrected chi connectivity index (χ4v) is 1.83. The third-order valence-electron chi connectivity index (χ3n) is 2.89. The highest BCUT2D eigenvalue weighted by molar-refractivity contribution is 5.92. The van der Waals surface area contributed by atoms with Crippen molar-refractivity contribution in [1.82, 2.24) is 20.3 Å². The lowest BCUT2D eigenvalue weighted by Gasteiger charge is -2.09. The second-order valence-corrected chi connectivity index (χ2v) is 4.64. The van der Waals surface area contributed by atoms with Gasteiger partial charge < -0.3 is 15.4 Å². The van der Waals surface area contributed by atoms with Crippen molar-refractivity contribution in [2.75, 3.05) is 25.6 Å². The van der Waals surface area contributed by atoms with Crippen molar-refractivity contribution in [3.8, 4) is 0 Å². The summed E-state index contributed by atoms with van der Waals surface area (Å²) in [5.41, 5.74) is 1.41. The molecule has 0 saturated carbocycles. The van der Waals surface area contributed by atoms with Crippen LogP contribution in [0, 0.1) is 6.92 Å². The maximum atomic E-state index is 12.0. The molecule has 2 rings (SSSR count). The first-order valence-electron chi connectivity index (χ1n) is 6.94. The van der Waals surface area contributed by atoms with Gasteiger partial charge in [-0.1, -0.05) is 0 Å². The molecular weight excluding hydrogens is 282 g/mol. The van der Waals surface area contributed by atoms with E-state index < -0.39 is 0 Å². The molecule has 0 aliphatic heterocycles. The minimum absolute atomic E-state index is 0.241. The fraction of sp³-hybridized carbons (Fsp3) is 0.333. The van der Waals surface area contributed by atoms with Gasteiger partial charge in [-0.15, -0.1) is 0 Å². The molecule has 2 N–H and O–H groups in total. The molecule has 7 heteroatoms. The van der Waals surface area contributed by atoms with Gasteiger partial charge in [0, 0.05) is 38.7 Å². The van der Waals surface area contributed by atoms with E-state index in [0.29, 0.717) is 37.0 Å². The number of nitrogens with one attached hydrogen (secondary N) is 2. The van der Waals surface area contributed by atoms with Gasteiger partial charge in [-0.3, -0.25) is 9.78 Å². The molecule has 0 atom stereocenters. The van der Waals surface area contributed by atoms with Gasteiger partial charge in [0.2, 0.25) is 0 Å². The van der Waals surface area contributed by atoms with Gasteiger partial charge >= 0.3 is 0 Å². The number of anilines is 1. The minimum atomic E-state index is -0.241. The number of nitrogens with zero attached hydrogens (tertiary/aromatic N) is 3. The molecule has 2 aromatic rings. The van der Waals surface area contributed by atoms with Crippen LogP contribution in [0.2, 0.25) is 0 Å². The summed E-state index contributed by atoms with van der Waals surface area (Å²) in [7, 11) is 1.59. The molecule has 0 aromatic carbocycles. The van der Waals surface area contributed by atoms with Crippen molar-refractivity contribution >= 4 is 11.7 Å². The Bertz CT molecular complexity index is 619. The molecule has 22 heavy (non-hydrogen) atoms. The standard InChI is InChI=1S/C15H19N5O2/c1-11-19-13(15(21)17-7-8-22-2)9-14(20-11)18-10-12-3-5-16-6-4-12/h3-6,9H,7-8,10H2,1-2H3,(H,17,21)(H,18,19,20). The Morgan fingerprint density at radius 1 is 1.27 bits per heavy atom. The predicted molar refractivity (Wildman–Crippen MR) is 82.5 cm³/mol. The first kappa shape index (κ1) is 15.8. The van der Waals surface area contributed by atoms with Crippen molar-refractivity contribution in [3.63, 3.8) is 0 Å². The lowest BCUT2D eigenvalue weighted by Crippen LogP contribution is -2.28. The van der Waals surface area contributed by atoms with Gasteiger partial charge in [0.1, 0.15) is 17.3 Å². The molecule has 0 spiro atoms. The van der Waals surface area contributed by atoms with E-state index in [4.69, 9.17) is 4.74 Å². The summed E-state index contributed by atoms with van der Waals surface area (Å²) >= 11 is 0. The summed E-state index contributed by atoms with van der Waals surface area (Å²) in [6.07, 6.45) is 3.47. The smallest absolute Gasteiger partial charge is 0.270 e. The van der Waals surface area contributed by atoms with Crippen molar-refractivity contribution in [1.29, 1.82) is 0 Å². The first-order chi connectivity index (χ1) is 10.7. The summed E-state index contributed by atoms with van der Waals surface area (Å²) in [6.45, 7) is 3.26. The van der Waals surface area contributed by atoms with Crippen molar-refractivity contribution in [2.45, 2.75) is 13.5 Å². The molecule has 0 aliphatic carbocycles. The maximum absolute atomic E-state index is 12.0. The Kier molecular flexibility index (Phi) is 5.79. The number of aromatic nitrogens is 3. The van der Waals surface area contributed by atoms with Crippen molar-refractivity contribution < 1.29 is 9.53 Å². The summed E-state index contributed by atoms with van der Waals surface area (Å²) in [4.78, 5) is 24.4. The third kappa shape index (κ3) is 4.78. The predicted octanol–water partition coefficient (Wildman–Crippen LogP) is 1.17. The number of carbonyl (C=O) groups is 1. The van der Waals surface area contributed by atoms with Crippen LogP contribution in [0.15, 0.2) is 30.6 Å². The van der Waals surface area contributed by atoms with E-state index in [0.717, 1.165) is 5.56 Å². The molecule has 2 heterocycles. The van der Waals surface area contributed by atoms with Crippen LogP contribution in [0.1, 0.15) is 21.9 Å². The van der Waals surface area contributed by atoms with E-state index in [1.54, 1.807) is 32.5 Å². The minimum Gasteiger partial charge on any atom is -0.383 e. The molecule has 0 unspecified atom stereocenters. The summed E-state index contributed by atoms with van der Waals surface area (Å²) in [5.74, 6) is 0.910. The number of pyridine rings is 1. The first-order valence-corrected chi connectivity index (χ1v) is 6.94. The highest BCUT2D eigenvalue weighted by Crippen LogP contribution is 2.08. The highest BCUT2D eigenvalue weighted by Gasteiger charge is 2.10. The van der Waals surface area contributed by atoms with Crippen molar-refractivity contribution in [2.24, 2.45) is 0 Å². The fourth-order valence-electron chi connectivity index (χ4n) is 1.83. The zero-order chi connectivity index (χ0) is 15.8. The monoisotopic (exact) mass is 301 g/mol. The Balaban J connectivity index is 2.01. The molecular formula is C15H19N5O2. The van der Waals surface area contributed by atoms with Gasteiger partial charge in [-0.2, -0.15) is 0 Å². The van der Waals surface area contributed by atoms with Gasteiger partial charge in [0.05, 0.1) is 6.61 Å². The van der Waals surface area contributed by atoms with Crippen LogP contribution in [-0.4, -0.2) is 41.1 Å². The van der Waals surface area contributed by atoms with E-state index in [1.165, 1.54) is 0 Å². The largest absolute Gasteiger partial charge is 0.383 e. The van der Waals surface area contributed by atoms with Crippen LogP contribution in [0.5, 0.6) is 0 Å². The topological polar surface area (TPSA) is 89.0 Å². The Hall–Kier alpha value is -2.54. The van der Waals surface area contributed by atoms with Gasteiger partial charge in [-0.25, -0.2) is 9.97 Å². The maximum Gasteiger partial charge on any atom is 0.270 e. The number of carbonyl (C=O) groups excluding carboxylic acids is 1. The average Bonchev–Trinajstić information content (AvgIpc) is 2.53. The number of hydrogen-bond acceptors (Lipinski definition) is 6. The molecule has 0 saturated heterocycles.